The first kappa shape index (κ1) is 12.9. The number of carbonyl (C=O) groups excluding carboxylic acids is 1. The van der Waals surface area contributed by atoms with Crippen LogP contribution in [-0.4, -0.2) is 26.0 Å². The van der Waals surface area contributed by atoms with Crippen molar-refractivity contribution in [3.05, 3.63) is 28.2 Å². The van der Waals surface area contributed by atoms with Crippen LogP contribution >= 0.6 is 15.9 Å². The van der Waals surface area contributed by atoms with Crippen LogP contribution in [0.2, 0.25) is 0 Å². The lowest BCUT2D eigenvalue weighted by Gasteiger charge is -2.07. The van der Waals surface area contributed by atoms with Crippen molar-refractivity contribution in [1.29, 1.82) is 0 Å². The molecule has 0 spiro atoms. The van der Waals surface area contributed by atoms with Crippen LogP contribution in [-0.2, 0) is 0 Å². The molecule has 16 heavy (non-hydrogen) atoms. The molecule has 0 aliphatic heterocycles. The molecule has 0 bridgehead atoms. The summed E-state index contributed by atoms with van der Waals surface area (Å²) >= 11 is 3.23. The van der Waals surface area contributed by atoms with Gasteiger partial charge in [-0.05, 0) is 34.1 Å². The van der Waals surface area contributed by atoms with Crippen molar-refractivity contribution in [1.82, 2.24) is 5.32 Å². The highest BCUT2D eigenvalue weighted by molar-refractivity contribution is 9.10. The zero-order valence-corrected chi connectivity index (χ0v) is 10.1. The third-order valence-corrected chi connectivity index (χ3v) is 2.49. The zero-order chi connectivity index (χ0) is 12.1. The molecule has 0 saturated heterocycles. The molecule has 0 aliphatic rings. The molecule has 6 heteroatoms. The number of benzene rings is 1. The molecule has 0 heterocycles. The van der Waals surface area contributed by atoms with Crippen molar-refractivity contribution in [2.75, 3.05) is 13.7 Å². The van der Waals surface area contributed by atoms with Crippen LogP contribution in [0.3, 0.4) is 0 Å². The summed E-state index contributed by atoms with van der Waals surface area (Å²) in [6.07, 6.45) is -2.55. The average molecular weight is 294 g/mol. The van der Waals surface area contributed by atoms with Gasteiger partial charge in [0.2, 0.25) is 0 Å². The van der Waals surface area contributed by atoms with Gasteiger partial charge in [-0.2, -0.15) is 0 Å². The summed E-state index contributed by atoms with van der Waals surface area (Å²) in [6.45, 7) is -0.656. The second kappa shape index (κ2) is 5.79. The fourth-order valence-corrected chi connectivity index (χ4v) is 1.48. The summed E-state index contributed by atoms with van der Waals surface area (Å²) in [5, 5.41) is 2.11. The molecule has 1 aromatic rings. The van der Waals surface area contributed by atoms with Crippen molar-refractivity contribution in [3.8, 4) is 5.75 Å². The highest BCUT2D eigenvalue weighted by Gasteiger charge is 2.10. The maximum absolute atomic E-state index is 11.9. The van der Waals surface area contributed by atoms with Crippen molar-refractivity contribution < 1.29 is 18.3 Å². The van der Waals surface area contributed by atoms with Gasteiger partial charge in [-0.15, -0.1) is 0 Å². The molecule has 1 N–H and O–H groups in total. The molecule has 1 aromatic carbocycles. The van der Waals surface area contributed by atoms with Crippen molar-refractivity contribution in [3.63, 3.8) is 0 Å². The second-order valence-corrected chi connectivity index (χ2v) is 3.80. The number of nitrogens with one attached hydrogen (secondary N) is 1. The molecular formula is C10H10BrF2NO2. The van der Waals surface area contributed by atoms with Gasteiger partial charge in [-0.1, -0.05) is 0 Å². The Morgan fingerprint density at radius 1 is 1.56 bits per heavy atom. The Hall–Kier alpha value is -1.17. The minimum atomic E-state index is -2.55. The van der Waals surface area contributed by atoms with E-state index in [1.165, 1.54) is 19.2 Å². The van der Waals surface area contributed by atoms with Gasteiger partial charge < -0.3 is 10.1 Å². The Morgan fingerprint density at radius 3 is 2.81 bits per heavy atom. The first-order chi connectivity index (χ1) is 7.54. The predicted octanol–water partition coefficient (Wildman–Crippen LogP) is 2.45. The quantitative estimate of drug-likeness (QED) is 0.926. The number of ether oxygens (including phenoxy) is 1. The van der Waals surface area contributed by atoms with Crippen molar-refractivity contribution in [2.45, 2.75) is 6.43 Å². The first-order valence-corrected chi connectivity index (χ1v) is 5.23. The van der Waals surface area contributed by atoms with Gasteiger partial charge in [0.05, 0.1) is 18.1 Å². The minimum Gasteiger partial charge on any atom is -0.496 e. The van der Waals surface area contributed by atoms with Gasteiger partial charge in [0, 0.05) is 5.56 Å². The van der Waals surface area contributed by atoms with Gasteiger partial charge in [0.15, 0.2) is 0 Å². The number of halogens is 3. The first-order valence-electron chi connectivity index (χ1n) is 4.44. The minimum absolute atomic E-state index is 0.278. The largest absolute Gasteiger partial charge is 0.496 e. The standard InChI is InChI=1S/C10H10BrF2NO2/c1-16-8-4-6(2-3-7(8)11)10(15)14-5-9(12)13/h2-4,9H,5H2,1H3,(H,14,15). The maximum atomic E-state index is 11.9. The summed E-state index contributed by atoms with van der Waals surface area (Å²) in [4.78, 5) is 11.4. The van der Waals surface area contributed by atoms with E-state index >= 15 is 0 Å². The Labute approximate surface area is 99.9 Å². The summed E-state index contributed by atoms with van der Waals surface area (Å²) in [6, 6.07) is 4.62. The average Bonchev–Trinajstić information content (AvgIpc) is 2.26. The topological polar surface area (TPSA) is 38.3 Å². The van der Waals surface area contributed by atoms with E-state index in [0.717, 1.165) is 0 Å². The molecule has 0 saturated carbocycles. The van der Waals surface area contributed by atoms with Crippen LogP contribution in [0.1, 0.15) is 10.4 Å². The number of alkyl halides is 2. The smallest absolute Gasteiger partial charge is 0.255 e. The van der Waals surface area contributed by atoms with Gasteiger partial charge >= 0.3 is 0 Å². The molecule has 0 unspecified atom stereocenters. The number of carbonyl (C=O) groups is 1. The van der Waals surface area contributed by atoms with Gasteiger partial charge in [0.25, 0.3) is 12.3 Å². The highest BCUT2D eigenvalue weighted by atomic mass is 79.9. The van der Waals surface area contributed by atoms with E-state index in [0.29, 0.717) is 10.2 Å². The summed E-state index contributed by atoms with van der Waals surface area (Å²) < 4.78 is 29.4. The van der Waals surface area contributed by atoms with E-state index in [9.17, 15) is 13.6 Å². The maximum Gasteiger partial charge on any atom is 0.255 e. The number of hydrogen-bond donors (Lipinski definition) is 1. The summed E-state index contributed by atoms with van der Waals surface area (Å²) in [5.41, 5.74) is 0.278. The third kappa shape index (κ3) is 3.44. The van der Waals surface area contributed by atoms with Crippen LogP contribution in [0.5, 0.6) is 5.75 Å². The van der Waals surface area contributed by atoms with Crippen LogP contribution in [0.15, 0.2) is 22.7 Å². The fraction of sp³-hybridized carbons (Fsp3) is 0.300. The lowest BCUT2D eigenvalue weighted by atomic mass is 10.2. The zero-order valence-electron chi connectivity index (χ0n) is 8.47. The molecule has 0 aromatic heterocycles. The van der Waals surface area contributed by atoms with E-state index in [1.807, 2.05) is 0 Å². The van der Waals surface area contributed by atoms with Crippen molar-refractivity contribution in [2.24, 2.45) is 0 Å². The molecule has 88 valence electrons. The van der Waals surface area contributed by atoms with E-state index < -0.39 is 18.9 Å². The molecule has 1 rings (SSSR count). The third-order valence-electron chi connectivity index (χ3n) is 1.83. The van der Waals surface area contributed by atoms with Crippen LogP contribution < -0.4 is 10.1 Å². The predicted molar refractivity (Wildman–Crippen MR) is 59.0 cm³/mol. The Bertz CT molecular complexity index is 385. The molecule has 0 radical (unpaired) electrons. The molecular weight excluding hydrogens is 284 g/mol. The number of methoxy groups -OCH3 is 1. The lowest BCUT2D eigenvalue weighted by Crippen LogP contribution is -2.28. The van der Waals surface area contributed by atoms with E-state index in [4.69, 9.17) is 4.74 Å². The van der Waals surface area contributed by atoms with Gasteiger partial charge in [-0.25, -0.2) is 8.78 Å². The van der Waals surface area contributed by atoms with E-state index in [2.05, 4.69) is 21.2 Å². The summed E-state index contributed by atoms with van der Waals surface area (Å²) in [7, 11) is 1.46. The molecule has 0 atom stereocenters. The normalized spacial score (nSPS) is 10.3. The van der Waals surface area contributed by atoms with Crippen LogP contribution in [0.4, 0.5) is 8.78 Å². The SMILES string of the molecule is COc1cc(C(=O)NCC(F)F)ccc1Br. The van der Waals surface area contributed by atoms with Crippen molar-refractivity contribution >= 4 is 21.8 Å². The monoisotopic (exact) mass is 293 g/mol. The summed E-state index contributed by atoms with van der Waals surface area (Å²) in [5.74, 6) is -0.0733. The van der Waals surface area contributed by atoms with Crippen LogP contribution in [0, 0.1) is 0 Å². The molecule has 0 fully saturated rings. The Morgan fingerprint density at radius 2 is 2.25 bits per heavy atom. The van der Waals surface area contributed by atoms with Gasteiger partial charge in [0.1, 0.15) is 5.75 Å². The number of amides is 1. The Kier molecular flexibility index (Phi) is 4.67. The highest BCUT2D eigenvalue weighted by Crippen LogP contribution is 2.25. The second-order valence-electron chi connectivity index (χ2n) is 2.95. The molecule has 3 nitrogen and oxygen atoms in total. The number of hydrogen-bond acceptors (Lipinski definition) is 2. The molecule has 0 aliphatic carbocycles. The fourth-order valence-electron chi connectivity index (χ4n) is 1.07. The van der Waals surface area contributed by atoms with Crippen LogP contribution in [0.25, 0.3) is 0 Å². The van der Waals surface area contributed by atoms with Gasteiger partial charge in [-0.3, -0.25) is 4.79 Å². The van der Waals surface area contributed by atoms with E-state index in [-0.39, 0.29) is 5.56 Å². The Balaban J connectivity index is 2.76. The van der Waals surface area contributed by atoms with E-state index in [1.54, 1.807) is 6.07 Å². The lowest BCUT2D eigenvalue weighted by molar-refractivity contribution is 0.0891. The number of rotatable bonds is 4. The molecule has 1 amide bonds.